The van der Waals surface area contributed by atoms with Crippen LogP contribution < -0.4 is 5.32 Å². The summed E-state index contributed by atoms with van der Waals surface area (Å²) in [6.07, 6.45) is 1.42. The van der Waals surface area contributed by atoms with Crippen molar-refractivity contribution in [1.82, 2.24) is 4.90 Å². The molecule has 0 aliphatic carbocycles. The van der Waals surface area contributed by atoms with E-state index >= 15 is 0 Å². The van der Waals surface area contributed by atoms with E-state index in [-0.39, 0.29) is 17.5 Å². The number of likely N-dealkylation sites (tertiary alicyclic amines) is 1. The van der Waals surface area contributed by atoms with E-state index in [4.69, 9.17) is 0 Å². The van der Waals surface area contributed by atoms with E-state index in [1.54, 1.807) is 13.8 Å². The Hall–Kier alpha value is -1.53. The summed E-state index contributed by atoms with van der Waals surface area (Å²) in [4.78, 5) is 14.2. The van der Waals surface area contributed by atoms with Gasteiger partial charge in [0.25, 0.3) is 0 Å². The number of amides is 1. The number of hydrogen-bond donors (Lipinski definition) is 2. The Morgan fingerprint density at radius 2 is 2.14 bits per heavy atom. The van der Waals surface area contributed by atoms with Gasteiger partial charge in [0.15, 0.2) is 0 Å². The number of carbonyl (C=O) groups excluding carboxylic acids is 1. The predicted molar refractivity (Wildman–Crippen MR) is 80.4 cm³/mol. The molecule has 3 unspecified atom stereocenters. The molecular formula is C16H22F2N2O2. The van der Waals surface area contributed by atoms with Crippen molar-refractivity contribution < 1.29 is 18.7 Å². The molecule has 22 heavy (non-hydrogen) atoms. The molecule has 2 N–H and O–H groups in total. The van der Waals surface area contributed by atoms with Gasteiger partial charge in [0.2, 0.25) is 5.91 Å². The van der Waals surface area contributed by atoms with Gasteiger partial charge in [-0.15, -0.1) is 0 Å². The highest BCUT2D eigenvalue weighted by atomic mass is 19.1. The van der Waals surface area contributed by atoms with E-state index in [0.717, 1.165) is 37.6 Å². The molecule has 122 valence electrons. The zero-order valence-corrected chi connectivity index (χ0v) is 12.9. The molecule has 1 aromatic carbocycles. The Morgan fingerprint density at radius 1 is 1.41 bits per heavy atom. The molecular weight excluding hydrogens is 290 g/mol. The summed E-state index contributed by atoms with van der Waals surface area (Å²) >= 11 is 0. The summed E-state index contributed by atoms with van der Waals surface area (Å²) in [6.45, 7) is 4.86. The zero-order chi connectivity index (χ0) is 16.3. The average molecular weight is 312 g/mol. The van der Waals surface area contributed by atoms with Crippen LogP contribution in [0.15, 0.2) is 18.2 Å². The van der Waals surface area contributed by atoms with Crippen molar-refractivity contribution in [2.75, 3.05) is 18.4 Å². The van der Waals surface area contributed by atoms with Crippen LogP contribution in [0.4, 0.5) is 14.5 Å². The van der Waals surface area contributed by atoms with Crippen molar-refractivity contribution in [3.8, 4) is 0 Å². The number of benzene rings is 1. The molecule has 0 aromatic heterocycles. The summed E-state index contributed by atoms with van der Waals surface area (Å²) in [7, 11) is 0. The first-order chi connectivity index (χ1) is 10.4. The number of nitrogens with zero attached hydrogens (tertiary/aromatic N) is 1. The minimum Gasteiger partial charge on any atom is -0.393 e. The van der Waals surface area contributed by atoms with Gasteiger partial charge in [0.1, 0.15) is 11.6 Å². The van der Waals surface area contributed by atoms with Crippen LogP contribution >= 0.6 is 0 Å². The van der Waals surface area contributed by atoms with Crippen molar-refractivity contribution in [3.05, 3.63) is 29.8 Å². The fourth-order valence-corrected chi connectivity index (χ4v) is 2.78. The summed E-state index contributed by atoms with van der Waals surface area (Å²) in [5.41, 5.74) is -0.152. The molecule has 1 fully saturated rings. The fraction of sp³-hybridized carbons (Fsp3) is 0.562. The van der Waals surface area contributed by atoms with E-state index in [2.05, 4.69) is 5.32 Å². The van der Waals surface area contributed by atoms with Crippen LogP contribution in [0.2, 0.25) is 0 Å². The van der Waals surface area contributed by atoms with Gasteiger partial charge in [-0.1, -0.05) is 0 Å². The lowest BCUT2D eigenvalue weighted by Gasteiger charge is -2.37. The number of rotatable bonds is 4. The summed E-state index contributed by atoms with van der Waals surface area (Å²) in [5.74, 6) is -1.51. The van der Waals surface area contributed by atoms with Gasteiger partial charge in [0, 0.05) is 12.6 Å². The first-order valence-corrected chi connectivity index (χ1v) is 7.56. The molecule has 0 saturated carbocycles. The van der Waals surface area contributed by atoms with Crippen LogP contribution in [0.1, 0.15) is 26.7 Å². The third-order valence-corrected chi connectivity index (χ3v) is 4.28. The zero-order valence-electron chi connectivity index (χ0n) is 12.9. The largest absolute Gasteiger partial charge is 0.393 e. The molecule has 3 atom stereocenters. The van der Waals surface area contributed by atoms with Crippen LogP contribution in [0.25, 0.3) is 0 Å². The number of aliphatic hydroxyl groups is 1. The van der Waals surface area contributed by atoms with Crippen LogP contribution in [-0.4, -0.2) is 41.1 Å². The monoisotopic (exact) mass is 312 g/mol. The summed E-state index contributed by atoms with van der Waals surface area (Å²) in [5, 5.41) is 12.1. The van der Waals surface area contributed by atoms with Gasteiger partial charge < -0.3 is 10.4 Å². The summed E-state index contributed by atoms with van der Waals surface area (Å²) in [6, 6.07) is 2.49. The quantitative estimate of drug-likeness (QED) is 0.897. The Morgan fingerprint density at radius 3 is 2.82 bits per heavy atom. The minimum absolute atomic E-state index is 0.134. The van der Waals surface area contributed by atoms with E-state index in [0.29, 0.717) is 6.54 Å². The van der Waals surface area contributed by atoms with Gasteiger partial charge in [0.05, 0.1) is 17.8 Å². The highest BCUT2D eigenvalue weighted by Crippen LogP contribution is 2.22. The maximum atomic E-state index is 13.6. The second-order valence-electron chi connectivity index (χ2n) is 5.93. The molecule has 1 aliphatic rings. The lowest BCUT2D eigenvalue weighted by molar-refractivity contribution is -0.121. The fourth-order valence-electron chi connectivity index (χ4n) is 2.78. The third kappa shape index (κ3) is 4.01. The number of hydrogen-bond acceptors (Lipinski definition) is 3. The van der Waals surface area contributed by atoms with Gasteiger partial charge in [-0.3, -0.25) is 9.69 Å². The molecule has 1 saturated heterocycles. The maximum absolute atomic E-state index is 13.6. The first kappa shape index (κ1) is 16.8. The number of aliphatic hydroxyl groups excluding tert-OH is 1. The molecule has 2 rings (SSSR count). The minimum atomic E-state index is -0.664. The van der Waals surface area contributed by atoms with E-state index in [9.17, 15) is 18.7 Å². The molecule has 1 heterocycles. The molecule has 1 aromatic rings. The van der Waals surface area contributed by atoms with Gasteiger partial charge in [-0.2, -0.15) is 0 Å². The van der Waals surface area contributed by atoms with Crippen molar-refractivity contribution in [3.63, 3.8) is 0 Å². The highest BCUT2D eigenvalue weighted by Gasteiger charge is 2.29. The molecule has 0 bridgehead atoms. The molecule has 6 heteroatoms. The van der Waals surface area contributed by atoms with Crippen LogP contribution in [-0.2, 0) is 4.79 Å². The average Bonchev–Trinajstić information content (AvgIpc) is 2.50. The molecule has 1 amide bonds. The Kier molecular flexibility index (Phi) is 5.47. The van der Waals surface area contributed by atoms with Crippen LogP contribution in [0.3, 0.4) is 0 Å². The van der Waals surface area contributed by atoms with E-state index in [1.165, 1.54) is 0 Å². The van der Waals surface area contributed by atoms with Crippen molar-refractivity contribution in [2.24, 2.45) is 5.92 Å². The second kappa shape index (κ2) is 7.15. The van der Waals surface area contributed by atoms with Crippen LogP contribution in [0, 0.1) is 17.6 Å². The van der Waals surface area contributed by atoms with E-state index in [1.807, 2.05) is 4.90 Å². The molecule has 4 nitrogen and oxygen atoms in total. The van der Waals surface area contributed by atoms with Crippen LogP contribution in [0.5, 0.6) is 0 Å². The Balaban J connectivity index is 2.01. The first-order valence-electron chi connectivity index (χ1n) is 7.56. The Labute approximate surface area is 129 Å². The van der Waals surface area contributed by atoms with Gasteiger partial charge >= 0.3 is 0 Å². The highest BCUT2D eigenvalue weighted by molar-refractivity contribution is 5.94. The maximum Gasteiger partial charge on any atom is 0.241 e. The lowest BCUT2D eigenvalue weighted by Crippen LogP contribution is -2.48. The summed E-state index contributed by atoms with van der Waals surface area (Å²) < 4.78 is 26.7. The lowest BCUT2D eigenvalue weighted by atomic mass is 9.92. The molecule has 1 aliphatic heterocycles. The van der Waals surface area contributed by atoms with Gasteiger partial charge in [-0.25, -0.2) is 8.78 Å². The number of anilines is 1. The molecule has 0 radical (unpaired) electrons. The molecule has 0 spiro atoms. The van der Waals surface area contributed by atoms with Crippen molar-refractivity contribution >= 4 is 11.6 Å². The number of nitrogens with one attached hydrogen (secondary N) is 1. The predicted octanol–water partition coefficient (Wildman–Crippen LogP) is 2.38. The normalized spacial score (nSPS) is 22.1. The Bertz CT molecular complexity index is 537. The standard InChI is InChI=1S/C16H22F2N2O2/c1-10(20-7-3-4-12(9-20)11(2)21)16(22)19-15-8-13(17)5-6-14(15)18/h5-6,8,10-12,21H,3-4,7,9H2,1-2H3,(H,19,22). The second-order valence-corrected chi connectivity index (χ2v) is 5.93. The number of carbonyl (C=O) groups is 1. The van der Waals surface area contributed by atoms with Crippen molar-refractivity contribution in [1.29, 1.82) is 0 Å². The van der Waals surface area contributed by atoms with E-state index < -0.39 is 23.8 Å². The van der Waals surface area contributed by atoms with Crippen molar-refractivity contribution in [2.45, 2.75) is 38.8 Å². The number of halogens is 2. The smallest absolute Gasteiger partial charge is 0.241 e. The third-order valence-electron chi connectivity index (χ3n) is 4.28. The number of piperidine rings is 1. The van der Waals surface area contributed by atoms with Gasteiger partial charge in [-0.05, 0) is 51.3 Å². The topological polar surface area (TPSA) is 52.6 Å². The SMILES string of the molecule is CC(O)C1CCCN(C(C)C(=O)Nc2cc(F)ccc2F)C1.